The number of likely N-dealkylation sites (tertiary alicyclic amines) is 1. The lowest BCUT2D eigenvalue weighted by molar-refractivity contribution is -0.117. The van der Waals surface area contributed by atoms with E-state index >= 15 is 0 Å². The summed E-state index contributed by atoms with van der Waals surface area (Å²) in [5, 5.41) is 4.05. The summed E-state index contributed by atoms with van der Waals surface area (Å²) in [4.78, 5) is 19.7. The Bertz CT molecular complexity index is 955. The van der Waals surface area contributed by atoms with Crippen molar-refractivity contribution in [3.05, 3.63) is 47.5 Å². The number of carbonyl (C=O) groups excluding carboxylic acids is 1. The van der Waals surface area contributed by atoms with Crippen LogP contribution < -0.4 is 14.8 Å². The number of rotatable bonds is 6. The minimum absolute atomic E-state index is 0.0698. The maximum absolute atomic E-state index is 12.7. The molecule has 1 aliphatic rings. The molecule has 2 aromatic carbocycles. The van der Waals surface area contributed by atoms with E-state index in [2.05, 4.69) is 16.3 Å². The van der Waals surface area contributed by atoms with Crippen molar-refractivity contribution in [1.29, 1.82) is 0 Å². The van der Waals surface area contributed by atoms with Gasteiger partial charge in [-0.05, 0) is 43.7 Å². The van der Waals surface area contributed by atoms with E-state index in [1.165, 1.54) is 4.70 Å². The van der Waals surface area contributed by atoms with Crippen molar-refractivity contribution >= 4 is 33.1 Å². The van der Waals surface area contributed by atoms with Crippen LogP contribution in [0.2, 0.25) is 0 Å². The predicted octanol–water partition coefficient (Wildman–Crippen LogP) is 4.09. The lowest BCUT2D eigenvalue weighted by Gasteiger charge is -2.22. The van der Waals surface area contributed by atoms with Gasteiger partial charge in [0.05, 0.1) is 42.7 Å². The molecule has 7 heteroatoms. The number of anilines is 1. The third kappa shape index (κ3) is 3.81. The number of ether oxygens (including phenoxy) is 2. The highest BCUT2D eigenvalue weighted by molar-refractivity contribution is 7.18. The van der Waals surface area contributed by atoms with E-state index in [-0.39, 0.29) is 11.9 Å². The Morgan fingerprint density at radius 2 is 2.11 bits per heavy atom. The van der Waals surface area contributed by atoms with E-state index in [9.17, 15) is 4.79 Å². The van der Waals surface area contributed by atoms with Gasteiger partial charge in [-0.15, -0.1) is 11.3 Å². The van der Waals surface area contributed by atoms with Crippen molar-refractivity contribution < 1.29 is 14.3 Å². The van der Waals surface area contributed by atoms with Gasteiger partial charge in [-0.1, -0.05) is 12.1 Å². The van der Waals surface area contributed by atoms with Crippen LogP contribution in [0.15, 0.2) is 42.5 Å². The molecule has 3 aromatic rings. The standard InChI is InChI=1S/C21H23N3O3S/c1-26-14-9-10-18(27-2)16(12-14)22-20(25)13-24-11-5-7-17(24)21-23-15-6-3-4-8-19(15)28-21/h3-4,6,8-10,12,17H,5,7,11,13H2,1-2H3,(H,22,25)/t17-/m1/s1. The van der Waals surface area contributed by atoms with Gasteiger partial charge in [0, 0.05) is 6.07 Å². The van der Waals surface area contributed by atoms with Gasteiger partial charge in [0.2, 0.25) is 5.91 Å². The molecule has 0 spiro atoms. The van der Waals surface area contributed by atoms with E-state index in [0.717, 1.165) is 29.9 Å². The molecule has 0 radical (unpaired) electrons. The molecule has 28 heavy (non-hydrogen) atoms. The summed E-state index contributed by atoms with van der Waals surface area (Å²) in [6, 6.07) is 13.7. The van der Waals surface area contributed by atoms with Gasteiger partial charge < -0.3 is 14.8 Å². The predicted molar refractivity (Wildman–Crippen MR) is 111 cm³/mol. The Labute approximate surface area is 168 Å². The molecular weight excluding hydrogens is 374 g/mol. The molecular formula is C21H23N3O3S. The molecule has 1 aliphatic heterocycles. The number of carbonyl (C=O) groups is 1. The second kappa shape index (κ2) is 8.16. The molecule has 1 amide bonds. The molecule has 0 unspecified atom stereocenters. The normalized spacial score (nSPS) is 17.0. The van der Waals surface area contributed by atoms with Crippen molar-refractivity contribution in [3.8, 4) is 11.5 Å². The van der Waals surface area contributed by atoms with Gasteiger partial charge in [0.1, 0.15) is 16.5 Å². The number of thiazole rings is 1. The first-order valence-electron chi connectivity index (χ1n) is 9.29. The average Bonchev–Trinajstić information content (AvgIpc) is 3.34. The number of amides is 1. The number of nitrogens with zero attached hydrogens (tertiary/aromatic N) is 2. The Kier molecular flexibility index (Phi) is 5.45. The third-order valence-corrected chi connectivity index (χ3v) is 6.12. The fourth-order valence-electron chi connectivity index (χ4n) is 3.61. The SMILES string of the molecule is COc1ccc(OC)c(NC(=O)CN2CCC[C@@H]2c2nc3ccccc3s2)c1. The maximum atomic E-state index is 12.7. The van der Waals surface area contributed by atoms with Gasteiger partial charge in [0.15, 0.2) is 0 Å². The van der Waals surface area contributed by atoms with E-state index in [0.29, 0.717) is 23.7 Å². The summed E-state index contributed by atoms with van der Waals surface area (Å²) in [7, 11) is 3.18. The zero-order valence-corrected chi connectivity index (χ0v) is 16.8. The molecule has 1 fully saturated rings. The Hall–Kier alpha value is -2.64. The highest BCUT2D eigenvalue weighted by Crippen LogP contribution is 2.36. The molecule has 1 aromatic heterocycles. The lowest BCUT2D eigenvalue weighted by atomic mass is 10.2. The zero-order chi connectivity index (χ0) is 19.5. The first kappa shape index (κ1) is 18.7. The van der Waals surface area contributed by atoms with Crippen LogP contribution in [0.4, 0.5) is 5.69 Å². The smallest absolute Gasteiger partial charge is 0.238 e. The number of nitrogens with one attached hydrogen (secondary N) is 1. The lowest BCUT2D eigenvalue weighted by Crippen LogP contribution is -2.33. The molecule has 0 bridgehead atoms. The van der Waals surface area contributed by atoms with Gasteiger partial charge >= 0.3 is 0 Å². The third-order valence-electron chi connectivity index (χ3n) is 4.99. The minimum atomic E-state index is -0.0698. The summed E-state index contributed by atoms with van der Waals surface area (Å²) < 4.78 is 11.8. The Morgan fingerprint density at radius 1 is 1.25 bits per heavy atom. The molecule has 1 N–H and O–H groups in total. The molecule has 146 valence electrons. The van der Waals surface area contributed by atoms with Crippen LogP contribution in [-0.2, 0) is 4.79 Å². The van der Waals surface area contributed by atoms with Crippen LogP contribution in [0.5, 0.6) is 11.5 Å². The largest absolute Gasteiger partial charge is 0.497 e. The highest BCUT2D eigenvalue weighted by Gasteiger charge is 2.30. The highest BCUT2D eigenvalue weighted by atomic mass is 32.1. The van der Waals surface area contributed by atoms with Crippen LogP contribution in [0.1, 0.15) is 23.9 Å². The molecule has 0 saturated carbocycles. The number of para-hydroxylation sites is 1. The Morgan fingerprint density at radius 3 is 2.89 bits per heavy atom. The van der Waals surface area contributed by atoms with E-state index in [4.69, 9.17) is 14.5 Å². The summed E-state index contributed by atoms with van der Waals surface area (Å²) in [5.41, 5.74) is 1.64. The fourth-order valence-corrected chi connectivity index (χ4v) is 4.75. The molecule has 2 heterocycles. The molecule has 1 atom stereocenters. The van der Waals surface area contributed by atoms with Crippen molar-refractivity contribution in [2.24, 2.45) is 0 Å². The first-order valence-corrected chi connectivity index (χ1v) is 10.1. The van der Waals surface area contributed by atoms with Gasteiger partial charge in [-0.25, -0.2) is 4.98 Å². The van der Waals surface area contributed by atoms with Crippen LogP contribution in [0, 0.1) is 0 Å². The van der Waals surface area contributed by atoms with Crippen LogP contribution in [0.25, 0.3) is 10.2 Å². The topological polar surface area (TPSA) is 63.7 Å². The fraction of sp³-hybridized carbons (Fsp3) is 0.333. The first-order chi connectivity index (χ1) is 13.7. The molecule has 6 nitrogen and oxygen atoms in total. The van der Waals surface area contributed by atoms with Crippen LogP contribution >= 0.6 is 11.3 Å². The summed E-state index contributed by atoms with van der Waals surface area (Å²) >= 11 is 1.72. The number of benzene rings is 2. The molecule has 0 aliphatic carbocycles. The number of aromatic nitrogens is 1. The van der Waals surface area contributed by atoms with Gasteiger partial charge in [-0.2, -0.15) is 0 Å². The monoisotopic (exact) mass is 397 g/mol. The van der Waals surface area contributed by atoms with Crippen molar-refractivity contribution in [1.82, 2.24) is 9.88 Å². The van der Waals surface area contributed by atoms with Crippen LogP contribution in [0.3, 0.4) is 0 Å². The zero-order valence-electron chi connectivity index (χ0n) is 16.0. The second-order valence-corrected chi connectivity index (χ2v) is 7.82. The van der Waals surface area contributed by atoms with Crippen molar-refractivity contribution in [2.45, 2.75) is 18.9 Å². The molecule has 4 rings (SSSR count). The number of fused-ring (bicyclic) bond motifs is 1. The number of hydrogen-bond donors (Lipinski definition) is 1. The van der Waals surface area contributed by atoms with Gasteiger partial charge in [-0.3, -0.25) is 9.69 Å². The van der Waals surface area contributed by atoms with Crippen molar-refractivity contribution in [2.75, 3.05) is 32.6 Å². The second-order valence-electron chi connectivity index (χ2n) is 6.76. The minimum Gasteiger partial charge on any atom is -0.497 e. The van der Waals surface area contributed by atoms with Gasteiger partial charge in [0.25, 0.3) is 0 Å². The van der Waals surface area contributed by atoms with Crippen molar-refractivity contribution in [3.63, 3.8) is 0 Å². The van der Waals surface area contributed by atoms with E-state index in [1.54, 1.807) is 43.8 Å². The summed E-state index contributed by atoms with van der Waals surface area (Å²) in [6.07, 6.45) is 2.09. The number of hydrogen-bond acceptors (Lipinski definition) is 6. The maximum Gasteiger partial charge on any atom is 0.238 e. The number of methoxy groups -OCH3 is 2. The summed E-state index contributed by atoms with van der Waals surface area (Å²) in [5.74, 6) is 1.21. The average molecular weight is 398 g/mol. The molecule has 1 saturated heterocycles. The summed E-state index contributed by atoms with van der Waals surface area (Å²) in [6.45, 7) is 1.21. The van der Waals surface area contributed by atoms with E-state index < -0.39 is 0 Å². The van der Waals surface area contributed by atoms with Crippen LogP contribution in [-0.4, -0.2) is 43.1 Å². The van der Waals surface area contributed by atoms with E-state index in [1.807, 2.05) is 18.2 Å². The Balaban J connectivity index is 1.48. The quantitative estimate of drug-likeness (QED) is 0.679.